The lowest BCUT2D eigenvalue weighted by molar-refractivity contribution is -0.166. The third-order valence-corrected chi connectivity index (χ3v) is 3.86. The molecule has 0 saturated carbocycles. The summed E-state index contributed by atoms with van der Waals surface area (Å²) in [4.78, 5) is 46.1. The van der Waals surface area contributed by atoms with Crippen LogP contribution in [-0.2, 0) is 33.3 Å². The summed E-state index contributed by atoms with van der Waals surface area (Å²) in [5.41, 5.74) is 5.09. The number of rotatable bonds is 6. The van der Waals surface area contributed by atoms with E-state index in [0.29, 0.717) is 11.8 Å². The summed E-state index contributed by atoms with van der Waals surface area (Å²) in [6.45, 7) is 3.31. The Kier molecular flexibility index (Phi) is 6.74. The molecule has 2 N–H and O–H groups in total. The predicted octanol–water partition coefficient (Wildman–Crippen LogP) is -0.227. The van der Waals surface area contributed by atoms with Crippen molar-refractivity contribution in [3.8, 4) is 0 Å². The second-order valence-electron chi connectivity index (χ2n) is 5.44. The van der Waals surface area contributed by atoms with Gasteiger partial charge in [-0.3, -0.25) is 19.2 Å². The molecule has 1 aromatic rings. The van der Waals surface area contributed by atoms with Crippen molar-refractivity contribution in [3.05, 3.63) is 6.20 Å². The van der Waals surface area contributed by atoms with Crippen LogP contribution in [0.15, 0.2) is 11.2 Å². The number of nitrogens with zero attached hydrogens (tertiary/aromatic N) is 3. The molecule has 27 heavy (non-hydrogen) atoms. The molecule has 0 spiro atoms. The van der Waals surface area contributed by atoms with E-state index in [9.17, 15) is 19.2 Å². The van der Waals surface area contributed by atoms with Crippen molar-refractivity contribution in [2.75, 3.05) is 6.61 Å². The van der Waals surface area contributed by atoms with Crippen LogP contribution < -0.4 is 5.73 Å². The van der Waals surface area contributed by atoms with Gasteiger partial charge in [0.15, 0.2) is 12.2 Å². The lowest BCUT2D eigenvalue weighted by Crippen LogP contribution is -2.40. The van der Waals surface area contributed by atoms with E-state index in [4.69, 9.17) is 24.7 Å². The van der Waals surface area contributed by atoms with Crippen molar-refractivity contribution in [3.63, 3.8) is 0 Å². The van der Waals surface area contributed by atoms with Gasteiger partial charge >= 0.3 is 17.9 Å². The molecule has 148 valence electrons. The monoisotopic (exact) mass is 402 g/mol. The zero-order valence-electron chi connectivity index (χ0n) is 14.7. The van der Waals surface area contributed by atoms with Crippen LogP contribution in [0, 0.1) is 0 Å². The third kappa shape index (κ3) is 5.65. The van der Waals surface area contributed by atoms with Crippen molar-refractivity contribution in [1.29, 1.82) is 0 Å². The Hall–Kier alpha value is -2.67. The molecule has 2 heterocycles. The van der Waals surface area contributed by atoms with Gasteiger partial charge in [0.05, 0.1) is 6.20 Å². The lowest BCUT2D eigenvalue weighted by atomic mass is 10.1. The van der Waals surface area contributed by atoms with Gasteiger partial charge in [-0.05, 0) is 11.8 Å². The fourth-order valence-corrected chi connectivity index (χ4v) is 2.84. The molecule has 0 aliphatic carbocycles. The van der Waals surface area contributed by atoms with Gasteiger partial charge in [-0.15, -0.1) is 9.90 Å². The first-order valence-corrected chi connectivity index (χ1v) is 8.51. The molecule has 0 unspecified atom stereocenters. The topological polar surface area (TPSA) is 162 Å². The van der Waals surface area contributed by atoms with E-state index >= 15 is 0 Å². The minimum absolute atomic E-state index is 0.195. The van der Waals surface area contributed by atoms with E-state index < -0.39 is 47.7 Å². The average Bonchev–Trinajstić information content (AvgIpc) is 3.10. The summed E-state index contributed by atoms with van der Waals surface area (Å²) in [6.07, 6.45) is -2.91. The minimum Gasteiger partial charge on any atom is -0.463 e. The maximum absolute atomic E-state index is 11.5. The van der Waals surface area contributed by atoms with Gasteiger partial charge in [0.2, 0.25) is 6.23 Å². The normalized spacial score (nSPS) is 24.3. The fraction of sp³-hybridized carbons (Fsp3) is 0.571. The summed E-state index contributed by atoms with van der Waals surface area (Å²) >= 11 is 0.646. The summed E-state index contributed by atoms with van der Waals surface area (Å²) in [5.74, 6) is -1.87. The average molecular weight is 402 g/mol. The summed E-state index contributed by atoms with van der Waals surface area (Å²) < 4.78 is 21.1. The number of hydrogen-bond donors (Lipinski definition) is 1. The molecular formula is C14H18N4O8S. The number of carbonyl (C=O) groups excluding carboxylic acids is 4. The Morgan fingerprint density at radius 2 is 1.78 bits per heavy atom. The number of nitrogens with two attached hydrogens (primary N) is 1. The first-order chi connectivity index (χ1) is 12.7. The number of esters is 3. The largest absolute Gasteiger partial charge is 0.463 e. The molecule has 13 heteroatoms. The Labute approximate surface area is 157 Å². The maximum Gasteiger partial charge on any atom is 0.303 e. The third-order valence-electron chi connectivity index (χ3n) is 3.26. The molecule has 1 amide bonds. The standard InChI is InChI=1S/C14H18N4O8S/c1-6(19)23-5-9-11(24-7(2)20)12(25-8(3)21)13(26-9)18-16-4-10(17-18)27-14(15)22/h4,9,11-13H,5H2,1-3H3,(H2,15,22)/t9-,11-,12-,13-/m1/s1. The van der Waals surface area contributed by atoms with Gasteiger partial charge in [-0.2, -0.15) is 5.10 Å². The van der Waals surface area contributed by atoms with Crippen LogP contribution in [0.25, 0.3) is 0 Å². The van der Waals surface area contributed by atoms with E-state index in [1.807, 2.05) is 0 Å². The molecular weight excluding hydrogens is 384 g/mol. The Morgan fingerprint density at radius 3 is 2.33 bits per heavy atom. The van der Waals surface area contributed by atoms with Crippen LogP contribution in [0.1, 0.15) is 27.0 Å². The molecule has 1 saturated heterocycles. The molecule has 0 aromatic carbocycles. The highest BCUT2D eigenvalue weighted by atomic mass is 32.2. The van der Waals surface area contributed by atoms with Crippen molar-refractivity contribution in [2.24, 2.45) is 5.73 Å². The minimum atomic E-state index is -1.11. The van der Waals surface area contributed by atoms with Crippen LogP contribution in [0.4, 0.5) is 4.79 Å². The zero-order chi connectivity index (χ0) is 20.1. The first-order valence-electron chi connectivity index (χ1n) is 7.69. The summed E-state index contributed by atoms with van der Waals surface area (Å²) in [5, 5.41) is 7.51. The quantitative estimate of drug-likeness (QED) is 0.380. The fourth-order valence-electron chi connectivity index (χ4n) is 2.41. The van der Waals surface area contributed by atoms with Crippen molar-refractivity contribution < 1.29 is 38.1 Å². The molecule has 2 rings (SSSR count). The molecule has 1 aliphatic heterocycles. The number of thioether (sulfide) groups is 1. The van der Waals surface area contributed by atoms with Gasteiger partial charge in [-0.25, -0.2) is 0 Å². The van der Waals surface area contributed by atoms with Gasteiger partial charge in [0, 0.05) is 20.8 Å². The van der Waals surface area contributed by atoms with Crippen LogP contribution >= 0.6 is 11.8 Å². The first kappa shape index (κ1) is 20.6. The Bertz CT molecular complexity index is 738. The van der Waals surface area contributed by atoms with Crippen LogP contribution in [0.2, 0.25) is 0 Å². The Morgan fingerprint density at radius 1 is 1.15 bits per heavy atom. The van der Waals surface area contributed by atoms with Gasteiger partial charge in [-0.1, -0.05) is 0 Å². The van der Waals surface area contributed by atoms with Crippen molar-refractivity contribution in [1.82, 2.24) is 15.0 Å². The summed E-state index contributed by atoms with van der Waals surface area (Å²) in [6, 6.07) is 0. The highest BCUT2D eigenvalue weighted by molar-refractivity contribution is 8.13. The van der Waals surface area contributed by atoms with Crippen LogP contribution in [0.5, 0.6) is 0 Å². The summed E-state index contributed by atoms with van der Waals surface area (Å²) in [7, 11) is 0. The van der Waals surface area contributed by atoms with E-state index in [0.717, 1.165) is 4.80 Å². The number of primary amides is 1. The maximum atomic E-state index is 11.5. The molecule has 1 aliphatic rings. The number of ether oxygens (including phenoxy) is 4. The smallest absolute Gasteiger partial charge is 0.303 e. The van der Waals surface area contributed by atoms with E-state index in [1.54, 1.807) is 0 Å². The predicted molar refractivity (Wildman–Crippen MR) is 87.1 cm³/mol. The molecule has 1 fully saturated rings. The van der Waals surface area contributed by atoms with E-state index in [1.165, 1.54) is 27.0 Å². The zero-order valence-corrected chi connectivity index (χ0v) is 15.5. The number of amides is 1. The highest BCUT2D eigenvalue weighted by Crippen LogP contribution is 2.34. The highest BCUT2D eigenvalue weighted by Gasteiger charge is 2.51. The van der Waals surface area contributed by atoms with Crippen LogP contribution in [0.3, 0.4) is 0 Å². The number of aromatic nitrogens is 3. The Balaban J connectivity index is 2.30. The van der Waals surface area contributed by atoms with Gasteiger partial charge in [0.1, 0.15) is 17.7 Å². The number of hydrogen-bond acceptors (Lipinski definition) is 11. The van der Waals surface area contributed by atoms with E-state index in [2.05, 4.69) is 10.2 Å². The van der Waals surface area contributed by atoms with Crippen molar-refractivity contribution in [2.45, 2.75) is 50.3 Å². The van der Waals surface area contributed by atoms with Gasteiger partial charge < -0.3 is 24.7 Å². The second-order valence-corrected chi connectivity index (χ2v) is 6.46. The van der Waals surface area contributed by atoms with E-state index in [-0.39, 0.29) is 11.6 Å². The SMILES string of the molecule is CC(=O)OC[C@H]1O[C@@H](n2ncc(SC(N)=O)n2)[C@H](OC(C)=O)[C@@H]1OC(C)=O. The molecule has 1 aromatic heterocycles. The second kappa shape index (κ2) is 8.81. The lowest BCUT2D eigenvalue weighted by Gasteiger charge is -2.22. The number of carbonyl (C=O) groups is 4. The molecule has 12 nitrogen and oxygen atoms in total. The van der Waals surface area contributed by atoms with Gasteiger partial charge in [0.25, 0.3) is 5.24 Å². The van der Waals surface area contributed by atoms with Crippen LogP contribution in [-0.4, -0.2) is 63.1 Å². The molecule has 0 bridgehead atoms. The molecule has 0 radical (unpaired) electrons. The molecule has 4 atom stereocenters. The van der Waals surface area contributed by atoms with Crippen molar-refractivity contribution >= 4 is 34.9 Å².